The smallest absolute Gasteiger partial charge is 0.328 e. The molecule has 30 heavy (non-hydrogen) atoms. The zero-order chi connectivity index (χ0) is 21.7. The predicted octanol–water partition coefficient (Wildman–Crippen LogP) is 2.87. The third-order valence-corrected chi connectivity index (χ3v) is 5.65. The summed E-state index contributed by atoms with van der Waals surface area (Å²) in [5.74, 6) is -1.94. The summed E-state index contributed by atoms with van der Waals surface area (Å²) in [5.41, 5.74) is 2.90. The van der Waals surface area contributed by atoms with Gasteiger partial charge < -0.3 is 15.5 Å². The van der Waals surface area contributed by atoms with Crippen LogP contribution in [-0.2, 0) is 16.1 Å². The molecule has 2 atom stereocenters. The highest BCUT2D eigenvalue weighted by atomic mass is 32.2. The van der Waals surface area contributed by atoms with Crippen LogP contribution in [0.1, 0.15) is 10.4 Å². The summed E-state index contributed by atoms with van der Waals surface area (Å²) < 4.78 is 22.9. The third-order valence-electron chi connectivity index (χ3n) is 4.24. The Labute approximate surface area is 178 Å². The molecule has 3 aromatic rings. The van der Waals surface area contributed by atoms with E-state index in [-0.39, 0.29) is 5.56 Å². The summed E-state index contributed by atoms with van der Waals surface area (Å²) in [6.07, 6.45) is 0. The molecule has 0 aliphatic rings. The summed E-state index contributed by atoms with van der Waals surface area (Å²) in [7, 11) is 0. The average Bonchev–Trinajstić information content (AvgIpc) is 3.26. The molecule has 1 aromatic heterocycles. The Morgan fingerprint density at radius 1 is 1.07 bits per heavy atom. The van der Waals surface area contributed by atoms with Crippen molar-refractivity contribution in [2.75, 3.05) is 10.9 Å². The molecule has 10 heteroatoms. The van der Waals surface area contributed by atoms with Gasteiger partial charge in [-0.05, 0) is 46.8 Å². The number of aliphatic carboxylic acids is 1. The van der Waals surface area contributed by atoms with E-state index in [9.17, 15) is 18.4 Å². The number of anilines is 2. The predicted molar refractivity (Wildman–Crippen MR) is 115 cm³/mol. The van der Waals surface area contributed by atoms with Crippen LogP contribution in [0.5, 0.6) is 0 Å². The van der Waals surface area contributed by atoms with Crippen LogP contribution in [0, 0.1) is 0 Å². The molecule has 2 aromatic carbocycles. The summed E-state index contributed by atoms with van der Waals surface area (Å²) in [6.45, 7) is -0.710. The first kappa shape index (κ1) is 21.7. The highest BCUT2D eigenvalue weighted by Crippen LogP contribution is 2.32. The van der Waals surface area contributed by atoms with Gasteiger partial charge in [0.1, 0.15) is 0 Å². The van der Waals surface area contributed by atoms with Gasteiger partial charge in [0, 0.05) is 10.9 Å². The Morgan fingerprint density at radius 2 is 1.80 bits per heavy atom. The minimum Gasteiger partial charge on any atom is -0.480 e. The number of carboxylic acids is 1. The lowest BCUT2D eigenvalue weighted by Gasteiger charge is -2.19. The van der Waals surface area contributed by atoms with Gasteiger partial charge in [0.15, 0.2) is 6.04 Å². The molecular formula is C20H18N2O6S2. The molecule has 3 rings (SSSR count). The maximum Gasteiger partial charge on any atom is 0.328 e. The van der Waals surface area contributed by atoms with Crippen LogP contribution < -0.4 is 9.62 Å². The Hall–Kier alpha value is -3.05. The van der Waals surface area contributed by atoms with Crippen molar-refractivity contribution in [1.29, 1.82) is 0 Å². The summed E-state index contributed by atoms with van der Waals surface area (Å²) in [4.78, 5) is 23.1. The molecule has 0 spiro atoms. The van der Waals surface area contributed by atoms with Crippen LogP contribution in [-0.4, -0.2) is 43.5 Å². The SMILES string of the molecule is O=C(NC(CO)C(=O)O)c1ccc(-c2cccc(N(c3ccsc3)S(=O)O)c2)cc1. The molecule has 0 radical (unpaired) electrons. The number of carbonyl (C=O) groups excluding carboxylic acids is 1. The minimum atomic E-state index is -2.25. The number of hydrogen-bond donors (Lipinski definition) is 4. The quantitative estimate of drug-likeness (QED) is 0.394. The largest absolute Gasteiger partial charge is 0.480 e. The maximum atomic E-state index is 12.2. The molecule has 1 heterocycles. The number of carboxylic acid groups (broad SMARTS) is 1. The zero-order valence-corrected chi connectivity index (χ0v) is 17.1. The Bertz CT molecular complexity index is 1050. The molecule has 156 valence electrons. The summed E-state index contributed by atoms with van der Waals surface area (Å²) in [5, 5.41) is 23.8. The first-order valence-corrected chi connectivity index (χ1v) is 10.7. The standard InChI is InChI=1S/C20H18N2O6S2/c23-11-18(20(25)26)21-19(24)14-6-4-13(5-7-14)15-2-1-3-16(10-15)22(30(27)28)17-8-9-29-12-17/h1-10,12,18,23H,11H2,(H,21,24)(H,25,26)(H,27,28). The molecule has 0 saturated heterocycles. The van der Waals surface area contributed by atoms with E-state index in [1.807, 2.05) is 11.4 Å². The molecule has 0 saturated carbocycles. The van der Waals surface area contributed by atoms with Gasteiger partial charge in [-0.25, -0.2) is 13.3 Å². The number of hydrogen-bond acceptors (Lipinski definition) is 5. The normalized spacial score (nSPS) is 12.7. The van der Waals surface area contributed by atoms with Gasteiger partial charge in [0.05, 0.1) is 18.0 Å². The molecule has 2 unspecified atom stereocenters. The highest BCUT2D eigenvalue weighted by molar-refractivity contribution is 7.81. The van der Waals surface area contributed by atoms with Gasteiger partial charge in [-0.2, -0.15) is 11.3 Å². The average molecular weight is 447 g/mol. The van der Waals surface area contributed by atoms with Gasteiger partial charge >= 0.3 is 5.97 Å². The number of rotatable bonds is 8. The second-order valence-electron chi connectivity index (χ2n) is 6.18. The molecule has 1 amide bonds. The maximum absolute atomic E-state index is 12.2. The van der Waals surface area contributed by atoms with E-state index in [1.165, 1.54) is 27.8 Å². The molecule has 0 aliphatic carbocycles. The van der Waals surface area contributed by atoms with E-state index < -0.39 is 35.8 Å². The highest BCUT2D eigenvalue weighted by Gasteiger charge is 2.20. The number of carbonyl (C=O) groups is 2. The van der Waals surface area contributed by atoms with Gasteiger partial charge in [0.25, 0.3) is 17.2 Å². The van der Waals surface area contributed by atoms with E-state index in [0.29, 0.717) is 11.4 Å². The number of nitrogens with zero attached hydrogens (tertiary/aromatic N) is 1. The number of aliphatic hydroxyl groups is 1. The van der Waals surface area contributed by atoms with Crippen LogP contribution in [0.25, 0.3) is 11.1 Å². The summed E-state index contributed by atoms with van der Waals surface area (Å²) >= 11 is -0.836. The molecule has 0 bridgehead atoms. The second-order valence-corrected chi connectivity index (χ2v) is 7.79. The Kier molecular flexibility index (Phi) is 6.95. The topological polar surface area (TPSA) is 127 Å². The number of nitrogens with one attached hydrogen (secondary N) is 1. The lowest BCUT2D eigenvalue weighted by molar-refractivity contribution is -0.140. The monoisotopic (exact) mass is 446 g/mol. The first-order chi connectivity index (χ1) is 14.4. The van der Waals surface area contributed by atoms with Crippen molar-refractivity contribution in [1.82, 2.24) is 5.32 Å². The molecule has 0 aliphatic heterocycles. The van der Waals surface area contributed by atoms with E-state index in [2.05, 4.69) is 5.32 Å². The Morgan fingerprint density at radius 3 is 2.37 bits per heavy atom. The van der Waals surface area contributed by atoms with E-state index >= 15 is 0 Å². The lowest BCUT2D eigenvalue weighted by Crippen LogP contribution is -2.43. The molecule has 4 N–H and O–H groups in total. The zero-order valence-electron chi connectivity index (χ0n) is 15.5. The van der Waals surface area contributed by atoms with Gasteiger partial charge in [0.2, 0.25) is 0 Å². The number of benzene rings is 2. The van der Waals surface area contributed by atoms with Crippen LogP contribution in [0.2, 0.25) is 0 Å². The van der Waals surface area contributed by atoms with Gasteiger partial charge in [-0.15, -0.1) is 0 Å². The van der Waals surface area contributed by atoms with Crippen molar-refractivity contribution >= 4 is 45.9 Å². The van der Waals surface area contributed by atoms with Crippen LogP contribution in [0.15, 0.2) is 65.4 Å². The van der Waals surface area contributed by atoms with E-state index in [4.69, 9.17) is 10.2 Å². The Balaban J connectivity index is 1.83. The van der Waals surface area contributed by atoms with Crippen LogP contribution in [0.4, 0.5) is 11.4 Å². The fourth-order valence-electron chi connectivity index (χ4n) is 2.76. The van der Waals surface area contributed by atoms with Gasteiger partial charge in [-0.3, -0.25) is 9.35 Å². The van der Waals surface area contributed by atoms with Gasteiger partial charge in [-0.1, -0.05) is 24.3 Å². The van der Waals surface area contributed by atoms with Crippen molar-refractivity contribution in [2.24, 2.45) is 0 Å². The van der Waals surface area contributed by atoms with E-state index in [1.54, 1.807) is 41.8 Å². The molecule has 8 nitrogen and oxygen atoms in total. The van der Waals surface area contributed by atoms with Crippen molar-refractivity contribution < 1.29 is 28.6 Å². The van der Waals surface area contributed by atoms with Crippen LogP contribution in [0.3, 0.4) is 0 Å². The van der Waals surface area contributed by atoms with Crippen molar-refractivity contribution in [3.63, 3.8) is 0 Å². The van der Waals surface area contributed by atoms with Crippen molar-refractivity contribution in [3.8, 4) is 11.1 Å². The molecular weight excluding hydrogens is 428 g/mol. The van der Waals surface area contributed by atoms with Crippen LogP contribution >= 0.6 is 11.3 Å². The number of amides is 1. The third kappa shape index (κ3) is 4.92. The van der Waals surface area contributed by atoms with Crippen molar-refractivity contribution in [2.45, 2.75) is 6.04 Å². The number of aliphatic hydroxyl groups excluding tert-OH is 1. The fourth-order valence-corrected chi connectivity index (χ4v) is 4.03. The fraction of sp³-hybridized carbons (Fsp3) is 0.100. The first-order valence-electron chi connectivity index (χ1n) is 8.69. The molecule has 0 fully saturated rings. The summed E-state index contributed by atoms with van der Waals surface area (Å²) in [6, 6.07) is 13.9. The lowest BCUT2D eigenvalue weighted by atomic mass is 10.0. The number of thiophene rings is 1. The van der Waals surface area contributed by atoms with E-state index in [0.717, 1.165) is 11.1 Å². The van der Waals surface area contributed by atoms with Crippen molar-refractivity contribution in [3.05, 3.63) is 70.9 Å². The second kappa shape index (κ2) is 9.63. The minimum absolute atomic E-state index is 0.242.